The Morgan fingerprint density at radius 3 is 1.31 bits per heavy atom. The van der Waals surface area contributed by atoms with E-state index >= 15 is 0 Å². The van der Waals surface area contributed by atoms with E-state index in [0.717, 1.165) is 99.0 Å². The standard InChI is InChI=1S/C63H104N2.C10H14O2.Ni/c1-6-11-13-15-17-19-21-23-25-27-28-30-32-34-36-38-40-42-44-49-63(65-61-55-52-58(46-9-4)59(56-61)47-10-5)62(64-60-53-50-57(45-8-3)51-54-60)48-43-41-39-37-35-33-31-29-26-24-22-20-18-16-14-12-7-2;1-3-4-8-5-6-9(11)10(12)7(8)2;/h43,48,50-56H,6-42,45-47H2,1-5H3;5-6,11-12H,3-4H2,1-2H3;/q;;+2/p-2. The van der Waals surface area contributed by atoms with Crippen molar-refractivity contribution >= 4 is 22.8 Å². The Morgan fingerprint density at radius 2 is 0.833 bits per heavy atom. The minimum absolute atomic E-state index is 0. The molecule has 0 heterocycles. The van der Waals surface area contributed by atoms with E-state index < -0.39 is 5.75 Å². The van der Waals surface area contributed by atoms with Crippen LogP contribution in [0.5, 0.6) is 11.5 Å². The van der Waals surface area contributed by atoms with Gasteiger partial charge in [-0.05, 0) is 110 Å². The number of benzene rings is 3. The van der Waals surface area contributed by atoms with E-state index in [9.17, 15) is 10.2 Å². The molecule has 0 radical (unpaired) electrons. The third-order valence-corrected chi connectivity index (χ3v) is 15.3. The predicted octanol–water partition coefficient (Wildman–Crippen LogP) is 22.3. The molecule has 3 aromatic carbocycles. The summed E-state index contributed by atoms with van der Waals surface area (Å²) >= 11 is 0. The van der Waals surface area contributed by atoms with Gasteiger partial charge in [0.1, 0.15) is 5.71 Å². The molecule has 3 aromatic rings. The van der Waals surface area contributed by atoms with Gasteiger partial charge in [0.2, 0.25) is 0 Å². The van der Waals surface area contributed by atoms with Crippen LogP contribution in [-0.2, 0) is 42.2 Å². The molecular weight excluding hydrogens is 996 g/mol. The van der Waals surface area contributed by atoms with Crippen LogP contribution in [0.25, 0.3) is 0 Å². The molecule has 0 atom stereocenters. The summed E-state index contributed by atoms with van der Waals surface area (Å²) in [5.74, 6) is 6.43. The third kappa shape index (κ3) is 36.6. The fourth-order valence-corrected chi connectivity index (χ4v) is 10.5. The molecule has 4 nitrogen and oxygen atoms in total. The van der Waals surface area contributed by atoms with Crippen molar-refractivity contribution in [3.8, 4) is 23.3 Å². The largest absolute Gasteiger partial charge is 2.00 e. The van der Waals surface area contributed by atoms with Gasteiger partial charge in [0.25, 0.3) is 0 Å². The van der Waals surface area contributed by atoms with E-state index in [2.05, 4.69) is 108 Å². The zero-order valence-electron chi connectivity index (χ0n) is 51.6. The second-order valence-corrected chi connectivity index (χ2v) is 22.6. The normalized spacial score (nSPS) is 11.6. The van der Waals surface area contributed by atoms with E-state index in [1.54, 1.807) is 13.0 Å². The molecule has 0 fully saturated rings. The maximum atomic E-state index is 11.2. The number of allylic oxidation sites excluding steroid dienone is 2. The summed E-state index contributed by atoms with van der Waals surface area (Å²) in [7, 11) is 0. The number of hydrogen-bond acceptors (Lipinski definition) is 4. The van der Waals surface area contributed by atoms with Gasteiger partial charge < -0.3 is 10.2 Å². The summed E-state index contributed by atoms with van der Waals surface area (Å²) in [6, 6.07) is 18.8. The van der Waals surface area contributed by atoms with Gasteiger partial charge >= 0.3 is 16.5 Å². The van der Waals surface area contributed by atoms with E-state index in [4.69, 9.17) is 9.98 Å². The molecule has 0 aliphatic carbocycles. The maximum Gasteiger partial charge on any atom is 2.00 e. The third-order valence-electron chi connectivity index (χ3n) is 15.3. The molecule has 0 unspecified atom stereocenters. The number of rotatable bonds is 45. The van der Waals surface area contributed by atoms with Crippen LogP contribution in [0.4, 0.5) is 11.4 Å². The summed E-state index contributed by atoms with van der Waals surface area (Å²) in [6.45, 7) is 15.2. The Morgan fingerprint density at radius 1 is 0.423 bits per heavy atom. The van der Waals surface area contributed by atoms with E-state index in [-0.39, 0.29) is 22.2 Å². The van der Waals surface area contributed by atoms with Crippen molar-refractivity contribution < 1.29 is 26.7 Å². The number of unbranched alkanes of at least 4 members (excludes halogenated alkanes) is 32. The molecule has 0 amide bonds. The Labute approximate surface area is 492 Å². The first-order valence-electron chi connectivity index (χ1n) is 32.8. The SMILES string of the molecule is CCCCCCCCCCCCCCCCCC=CC(=Nc1ccc(CCC)cc1)C(C#CCCCCCCCCCCCCCCCCCCC)=Nc1ccc(CCC)c(CCC)c1.CCCc1ccc([O-])c([O-])c1C.[Ni+2]. The number of aliphatic imine (C=N–C) groups is 2. The molecule has 0 saturated carbocycles. The van der Waals surface area contributed by atoms with E-state index in [0.29, 0.717) is 5.56 Å². The zero-order chi connectivity index (χ0) is 55.7. The Hall–Kier alpha value is -3.61. The molecule has 78 heavy (non-hydrogen) atoms. The van der Waals surface area contributed by atoms with Gasteiger partial charge in [-0.3, -0.25) is 0 Å². The number of hydrogen-bond donors (Lipinski definition) is 0. The number of nitrogens with zero attached hydrogens (tertiary/aromatic N) is 2. The first-order chi connectivity index (χ1) is 37.8. The molecule has 0 aliphatic heterocycles. The molecule has 0 bridgehead atoms. The first kappa shape index (κ1) is 72.4. The van der Waals surface area contributed by atoms with E-state index in [1.807, 2.05) is 0 Å². The fraction of sp³-hybridized carbons (Fsp3) is 0.671. The summed E-state index contributed by atoms with van der Waals surface area (Å²) in [5.41, 5.74) is 9.54. The van der Waals surface area contributed by atoms with Crippen molar-refractivity contribution in [1.82, 2.24) is 0 Å². The summed E-state index contributed by atoms with van der Waals surface area (Å²) in [6.07, 6.45) is 59.8. The average molecular weight is 1110 g/mol. The quantitative estimate of drug-likeness (QED) is 0.0245. The predicted molar refractivity (Wildman–Crippen MR) is 338 cm³/mol. The molecule has 0 aromatic heterocycles. The molecule has 0 aliphatic rings. The fourth-order valence-electron chi connectivity index (χ4n) is 10.5. The topological polar surface area (TPSA) is 70.8 Å². The van der Waals surface area contributed by atoms with Crippen LogP contribution in [0.3, 0.4) is 0 Å². The van der Waals surface area contributed by atoms with Gasteiger partial charge in [0, 0.05) is 6.42 Å². The van der Waals surface area contributed by atoms with Crippen molar-refractivity contribution in [2.45, 2.75) is 318 Å². The first-order valence-corrected chi connectivity index (χ1v) is 32.8. The van der Waals surface area contributed by atoms with Gasteiger partial charge in [-0.1, -0.05) is 308 Å². The second-order valence-electron chi connectivity index (χ2n) is 22.6. The molecule has 0 N–H and O–H groups in total. The van der Waals surface area contributed by atoms with Crippen molar-refractivity contribution in [1.29, 1.82) is 0 Å². The van der Waals surface area contributed by atoms with Crippen molar-refractivity contribution in [2.24, 2.45) is 9.98 Å². The van der Waals surface area contributed by atoms with Crippen LogP contribution in [0, 0.1) is 18.8 Å². The number of aryl methyl sites for hydroxylation is 4. The van der Waals surface area contributed by atoms with Gasteiger partial charge in [-0.25, -0.2) is 9.98 Å². The van der Waals surface area contributed by atoms with Crippen molar-refractivity contribution in [3.05, 3.63) is 94.6 Å². The van der Waals surface area contributed by atoms with E-state index in [1.165, 1.54) is 222 Å². The molecule has 3 rings (SSSR count). The van der Waals surface area contributed by atoms with Crippen LogP contribution in [0.1, 0.15) is 313 Å². The van der Waals surface area contributed by atoms with Crippen LogP contribution in [-0.4, -0.2) is 11.4 Å². The van der Waals surface area contributed by atoms with Gasteiger partial charge in [-0.15, -0.1) is 11.5 Å². The monoisotopic (exact) mass is 1110 g/mol. The minimum atomic E-state index is -0.396. The molecule has 440 valence electrons. The Bertz CT molecular complexity index is 2040. The molecule has 0 spiro atoms. The Kier molecular flexibility index (Phi) is 47.8. The molecule has 5 heteroatoms. The Balaban J connectivity index is 0.00000205. The average Bonchev–Trinajstić information content (AvgIpc) is 3.43. The minimum Gasteiger partial charge on any atom is -0.873 e. The zero-order valence-corrected chi connectivity index (χ0v) is 52.6. The maximum absolute atomic E-state index is 11.2. The summed E-state index contributed by atoms with van der Waals surface area (Å²) in [4.78, 5) is 10.6. The van der Waals surface area contributed by atoms with Crippen LogP contribution < -0.4 is 10.2 Å². The van der Waals surface area contributed by atoms with Crippen molar-refractivity contribution in [3.63, 3.8) is 0 Å². The summed E-state index contributed by atoms with van der Waals surface area (Å²) in [5, 5.41) is 22.0. The van der Waals surface area contributed by atoms with Crippen LogP contribution in [0.2, 0.25) is 0 Å². The van der Waals surface area contributed by atoms with Gasteiger partial charge in [0.15, 0.2) is 0 Å². The van der Waals surface area contributed by atoms with Crippen LogP contribution >= 0.6 is 0 Å². The van der Waals surface area contributed by atoms with Crippen LogP contribution in [0.15, 0.2) is 76.7 Å². The molecule has 0 saturated heterocycles. The summed E-state index contributed by atoms with van der Waals surface area (Å²) < 4.78 is 0. The van der Waals surface area contributed by atoms with Gasteiger partial charge in [0.05, 0.1) is 17.1 Å². The second kappa shape index (κ2) is 51.5. The smallest absolute Gasteiger partial charge is 0.873 e. The van der Waals surface area contributed by atoms with Gasteiger partial charge in [-0.2, -0.15) is 0 Å². The van der Waals surface area contributed by atoms with Crippen molar-refractivity contribution in [2.75, 3.05) is 0 Å². The molecular formula is C73H116N2NiO2.